The second-order valence-electron chi connectivity index (χ2n) is 9.80. The first-order chi connectivity index (χ1) is 17.6. The molecule has 2 heterocycles. The van der Waals surface area contributed by atoms with E-state index in [1.165, 1.54) is 12.1 Å². The van der Waals surface area contributed by atoms with Crippen molar-refractivity contribution in [2.75, 3.05) is 19.6 Å². The Hall–Kier alpha value is -2.72. The van der Waals surface area contributed by atoms with Crippen molar-refractivity contribution in [3.8, 4) is 11.1 Å². The van der Waals surface area contributed by atoms with Crippen LogP contribution in [0.4, 0.5) is 13.2 Å². The Morgan fingerprint density at radius 2 is 1.59 bits per heavy atom. The lowest BCUT2D eigenvalue weighted by molar-refractivity contribution is -0.148. The van der Waals surface area contributed by atoms with Crippen LogP contribution in [-0.4, -0.2) is 54.6 Å². The monoisotopic (exact) mass is 530 g/mol. The summed E-state index contributed by atoms with van der Waals surface area (Å²) in [5.74, 6) is -0.347. The zero-order valence-electron chi connectivity index (χ0n) is 20.4. The van der Waals surface area contributed by atoms with Crippen molar-refractivity contribution in [1.82, 2.24) is 9.21 Å². The van der Waals surface area contributed by atoms with Crippen LogP contribution in [0.15, 0.2) is 77.7 Å². The van der Waals surface area contributed by atoms with Crippen molar-refractivity contribution >= 4 is 10.0 Å². The summed E-state index contributed by atoms with van der Waals surface area (Å²) in [5.41, 5.74) is 2.97. The van der Waals surface area contributed by atoms with Crippen LogP contribution in [0.3, 0.4) is 0 Å². The summed E-state index contributed by atoms with van der Waals surface area (Å²) in [6.45, 7) is 2.78. The van der Waals surface area contributed by atoms with Crippen LogP contribution in [-0.2, 0) is 16.2 Å². The molecule has 3 atom stereocenters. The van der Waals surface area contributed by atoms with Crippen LogP contribution in [0, 0.1) is 6.92 Å². The zero-order chi connectivity index (χ0) is 26.4. The van der Waals surface area contributed by atoms with E-state index in [-0.39, 0.29) is 25.0 Å². The molecule has 1 N–H and O–H groups in total. The molecule has 0 aliphatic carbocycles. The summed E-state index contributed by atoms with van der Waals surface area (Å²) in [7, 11) is -4.40. The molecule has 0 aromatic heterocycles. The quantitative estimate of drug-likeness (QED) is 0.501. The van der Waals surface area contributed by atoms with Gasteiger partial charge in [-0.15, -0.1) is 0 Å². The van der Waals surface area contributed by atoms with Gasteiger partial charge in [-0.2, -0.15) is 17.5 Å². The molecule has 5 nitrogen and oxygen atoms in total. The van der Waals surface area contributed by atoms with Gasteiger partial charge in [-0.3, -0.25) is 4.90 Å². The SMILES string of the molecule is Cc1cccc(-c2ccc([C@@H]3[C@@H](O)N4CCCCN(S(=O)(=O)c5ccccc5C(F)(F)F)C[C@@H]34)cc2)c1. The highest BCUT2D eigenvalue weighted by Crippen LogP contribution is 2.42. The van der Waals surface area contributed by atoms with Gasteiger partial charge in [-0.05, 0) is 48.6 Å². The van der Waals surface area contributed by atoms with Crippen LogP contribution in [0.25, 0.3) is 11.1 Å². The number of halogens is 3. The Balaban J connectivity index is 1.43. The third-order valence-corrected chi connectivity index (χ3v) is 9.35. The lowest BCUT2D eigenvalue weighted by Gasteiger charge is -2.55. The average molecular weight is 531 g/mol. The van der Waals surface area contributed by atoms with Gasteiger partial charge >= 0.3 is 6.18 Å². The average Bonchev–Trinajstić information content (AvgIpc) is 2.85. The first-order valence-electron chi connectivity index (χ1n) is 12.3. The number of fused-ring (bicyclic) bond motifs is 1. The molecule has 2 aliphatic rings. The number of hydrogen-bond donors (Lipinski definition) is 1. The topological polar surface area (TPSA) is 60.9 Å². The molecule has 5 rings (SSSR count). The van der Waals surface area contributed by atoms with Crippen LogP contribution in [0.5, 0.6) is 0 Å². The van der Waals surface area contributed by atoms with Crippen LogP contribution in [0.2, 0.25) is 0 Å². The third kappa shape index (κ3) is 4.93. The Labute approximate surface area is 215 Å². The Kier molecular flexibility index (Phi) is 6.91. The predicted octanol–water partition coefficient (Wildman–Crippen LogP) is 5.25. The second kappa shape index (κ2) is 9.87. The number of hydrogen-bond acceptors (Lipinski definition) is 4. The highest BCUT2D eigenvalue weighted by molar-refractivity contribution is 7.89. The Morgan fingerprint density at radius 3 is 2.30 bits per heavy atom. The molecule has 9 heteroatoms. The van der Waals surface area contributed by atoms with Crippen molar-refractivity contribution in [1.29, 1.82) is 0 Å². The van der Waals surface area contributed by atoms with E-state index in [0.29, 0.717) is 19.4 Å². The molecule has 196 valence electrons. The van der Waals surface area contributed by atoms with Crippen molar-refractivity contribution in [3.05, 3.63) is 89.5 Å². The molecule has 2 fully saturated rings. The van der Waals surface area contributed by atoms with E-state index in [1.54, 1.807) is 0 Å². The van der Waals surface area contributed by atoms with E-state index >= 15 is 0 Å². The number of aliphatic hydroxyl groups is 1. The van der Waals surface area contributed by atoms with Crippen LogP contribution >= 0.6 is 0 Å². The molecular formula is C28H29F3N2O3S. The van der Waals surface area contributed by atoms with E-state index in [2.05, 4.69) is 6.07 Å². The molecule has 37 heavy (non-hydrogen) atoms. The second-order valence-corrected chi connectivity index (χ2v) is 11.7. The normalized spacial score (nSPS) is 23.5. The molecule has 3 aromatic rings. The van der Waals surface area contributed by atoms with Crippen molar-refractivity contribution < 1.29 is 26.7 Å². The van der Waals surface area contributed by atoms with Crippen LogP contribution in [0.1, 0.15) is 35.4 Å². The third-order valence-electron chi connectivity index (χ3n) is 7.42. The van der Waals surface area contributed by atoms with Gasteiger partial charge in [0.2, 0.25) is 10.0 Å². The van der Waals surface area contributed by atoms with E-state index in [0.717, 1.165) is 38.7 Å². The number of aryl methyl sites for hydroxylation is 1. The standard InChI is InChI=1S/C28H29F3N2O3S/c1-19-7-6-8-22(17-19)20-11-13-21(14-12-20)26-24-18-32(15-4-5-16-33(24)27(26)34)37(35,36)25-10-3-2-9-23(25)28(29,30)31/h2-3,6-14,17,24,26-27,34H,4-5,15-16,18H2,1H3/t24-,26-,27+/m0/s1. The van der Waals surface area contributed by atoms with Gasteiger partial charge in [0.25, 0.3) is 0 Å². The minimum atomic E-state index is -4.79. The van der Waals surface area contributed by atoms with Gasteiger partial charge in [0.15, 0.2) is 0 Å². The van der Waals surface area contributed by atoms with Gasteiger partial charge < -0.3 is 5.11 Å². The van der Waals surface area contributed by atoms with Crippen molar-refractivity contribution in [2.45, 2.75) is 49.0 Å². The summed E-state index contributed by atoms with van der Waals surface area (Å²) in [5, 5.41) is 11.0. The number of nitrogens with zero attached hydrogens (tertiary/aromatic N) is 2. The molecule has 0 saturated carbocycles. The van der Waals surface area contributed by atoms with Gasteiger partial charge in [-0.1, -0.05) is 66.2 Å². The van der Waals surface area contributed by atoms with E-state index in [1.807, 2.05) is 54.3 Å². The molecule has 0 unspecified atom stereocenters. The molecule has 0 amide bonds. The van der Waals surface area contributed by atoms with E-state index in [9.17, 15) is 26.7 Å². The minimum absolute atomic E-state index is 0.00980. The first kappa shape index (κ1) is 25.9. The number of sulfonamides is 1. The molecule has 0 spiro atoms. The molecule has 0 radical (unpaired) electrons. The van der Waals surface area contributed by atoms with Gasteiger partial charge in [0.05, 0.1) is 10.5 Å². The van der Waals surface area contributed by atoms with Gasteiger partial charge in [0, 0.05) is 31.6 Å². The fourth-order valence-electron chi connectivity index (χ4n) is 5.50. The number of alkyl halides is 3. The first-order valence-corrected chi connectivity index (χ1v) is 13.8. The fraction of sp³-hybridized carbons (Fsp3) is 0.357. The summed E-state index contributed by atoms with van der Waals surface area (Å²) < 4.78 is 69.0. The highest BCUT2D eigenvalue weighted by Gasteiger charge is 2.50. The zero-order valence-corrected chi connectivity index (χ0v) is 21.2. The number of rotatable bonds is 4. The van der Waals surface area contributed by atoms with Gasteiger partial charge in [-0.25, -0.2) is 8.42 Å². The summed E-state index contributed by atoms with van der Waals surface area (Å²) in [6, 6.07) is 20.0. The largest absolute Gasteiger partial charge is 0.417 e. The Morgan fingerprint density at radius 1 is 0.892 bits per heavy atom. The number of benzene rings is 3. The maximum atomic E-state index is 13.6. The lowest BCUT2D eigenvalue weighted by atomic mass is 9.79. The highest BCUT2D eigenvalue weighted by atomic mass is 32.2. The lowest BCUT2D eigenvalue weighted by Crippen LogP contribution is -2.66. The number of aliphatic hydroxyl groups excluding tert-OH is 1. The fourth-order valence-corrected chi connectivity index (χ4v) is 7.21. The summed E-state index contributed by atoms with van der Waals surface area (Å²) in [6.07, 6.45) is -4.43. The predicted molar refractivity (Wildman–Crippen MR) is 135 cm³/mol. The molecule has 2 saturated heterocycles. The summed E-state index contributed by atoms with van der Waals surface area (Å²) in [4.78, 5) is 1.13. The van der Waals surface area contributed by atoms with E-state index in [4.69, 9.17) is 0 Å². The minimum Gasteiger partial charge on any atom is -0.378 e. The van der Waals surface area contributed by atoms with E-state index < -0.39 is 32.9 Å². The molecule has 3 aromatic carbocycles. The molecule has 0 bridgehead atoms. The van der Waals surface area contributed by atoms with Gasteiger partial charge in [0.1, 0.15) is 6.23 Å². The molecular weight excluding hydrogens is 501 g/mol. The van der Waals surface area contributed by atoms with Crippen molar-refractivity contribution in [3.63, 3.8) is 0 Å². The molecule has 2 aliphatic heterocycles. The maximum Gasteiger partial charge on any atom is 0.417 e. The Bertz CT molecular complexity index is 1380. The smallest absolute Gasteiger partial charge is 0.378 e. The summed E-state index contributed by atoms with van der Waals surface area (Å²) >= 11 is 0. The van der Waals surface area contributed by atoms with Crippen LogP contribution < -0.4 is 0 Å². The van der Waals surface area contributed by atoms with Crippen molar-refractivity contribution in [2.24, 2.45) is 0 Å². The maximum absolute atomic E-state index is 13.6.